The van der Waals surface area contributed by atoms with Gasteiger partial charge in [0.1, 0.15) is 0 Å². The Morgan fingerprint density at radius 3 is 2.61 bits per heavy atom. The minimum atomic E-state index is -0.338. The summed E-state index contributed by atoms with van der Waals surface area (Å²) in [5.41, 5.74) is 3.06. The molecular weight excluding hydrogens is 395 g/mol. The minimum Gasteiger partial charge on any atom is -0.494 e. The first kappa shape index (κ1) is 21.8. The lowest BCUT2D eigenvalue weighted by atomic mass is 9.96. The quantitative estimate of drug-likeness (QED) is 0.749. The highest BCUT2D eigenvalue weighted by Crippen LogP contribution is 2.36. The van der Waals surface area contributed by atoms with E-state index < -0.39 is 0 Å². The molecule has 1 saturated carbocycles. The van der Waals surface area contributed by atoms with Crippen molar-refractivity contribution < 1.29 is 18.7 Å². The van der Waals surface area contributed by atoms with Gasteiger partial charge >= 0.3 is 0 Å². The Morgan fingerprint density at radius 1 is 1.16 bits per heavy atom. The summed E-state index contributed by atoms with van der Waals surface area (Å²) in [6.45, 7) is 4.65. The van der Waals surface area contributed by atoms with Gasteiger partial charge in [0.2, 0.25) is 0 Å². The van der Waals surface area contributed by atoms with Crippen molar-refractivity contribution in [3.63, 3.8) is 0 Å². The molecule has 3 atom stereocenters. The van der Waals surface area contributed by atoms with Crippen LogP contribution in [0.3, 0.4) is 0 Å². The van der Waals surface area contributed by atoms with Gasteiger partial charge in [0.25, 0.3) is 5.91 Å². The second kappa shape index (κ2) is 9.79. The summed E-state index contributed by atoms with van der Waals surface area (Å²) in [5.74, 6) is 0.515. The van der Waals surface area contributed by atoms with Crippen LogP contribution in [0.5, 0.6) is 5.75 Å². The summed E-state index contributed by atoms with van der Waals surface area (Å²) < 4.78 is 24.1. The zero-order chi connectivity index (χ0) is 21.8. The van der Waals surface area contributed by atoms with E-state index in [0.29, 0.717) is 38.3 Å². The Balaban J connectivity index is 1.33. The van der Waals surface area contributed by atoms with Gasteiger partial charge in [0.05, 0.1) is 20.3 Å². The van der Waals surface area contributed by atoms with Crippen molar-refractivity contribution in [1.82, 2.24) is 10.2 Å². The van der Waals surface area contributed by atoms with Crippen molar-refractivity contribution in [3.8, 4) is 5.75 Å². The van der Waals surface area contributed by atoms with Crippen molar-refractivity contribution in [2.75, 3.05) is 33.4 Å². The summed E-state index contributed by atoms with van der Waals surface area (Å²) >= 11 is 0. The Morgan fingerprint density at radius 2 is 1.90 bits per heavy atom. The molecule has 1 amide bonds. The van der Waals surface area contributed by atoms with Crippen molar-refractivity contribution in [3.05, 3.63) is 65.0 Å². The predicted octanol–water partition coefficient (Wildman–Crippen LogP) is 4.29. The second-order valence-electron chi connectivity index (χ2n) is 8.52. The fourth-order valence-electron chi connectivity index (χ4n) is 4.68. The number of amides is 1. The molecule has 2 aliphatic rings. The maximum absolute atomic E-state index is 13.7. The summed E-state index contributed by atoms with van der Waals surface area (Å²) in [7, 11) is 1.49. The molecule has 1 aliphatic carbocycles. The third-order valence-corrected chi connectivity index (χ3v) is 6.52. The molecule has 1 saturated heterocycles. The van der Waals surface area contributed by atoms with Crippen LogP contribution in [-0.4, -0.2) is 50.3 Å². The number of carbonyl (C=O) groups is 1. The number of nitrogens with one attached hydrogen (secondary N) is 1. The first-order chi connectivity index (χ1) is 15.0. The Kier molecular flexibility index (Phi) is 6.88. The van der Waals surface area contributed by atoms with E-state index in [1.165, 1.54) is 18.7 Å². The molecule has 2 fully saturated rings. The number of nitrogens with zero attached hydrogens (tertiary/aromatic N) is 1. The number of carbonyl (C=O) groups excluding carboxylic acids is 1. The van der Waals surface area contributed by atoms with Gasteiger partial charge in [-0.25, -0.2) is 4.39 Å². The molecule has 4 rings (SSSR count). The van der Waals surface area contributed by atoms with Gasteiger partial charge in [-0.15, -0.1) is 0 Å². The van der Waals surface area contributed by atoms with Crippen LogP contribution in [0, 0.1) is 5.82 Å². The number of morpholine rings is 1. The first-order valence-electron chi connectivity index (χ1n) is 11.1. The van der Waals surface area contributed by atoms with Gasteiger partial charge in [-0.2, -0.15) is 0 Å². The molecule has 0 spiro atoms. The predicted molar refractivity (Wildman–Crippen MR) is 118 cm³/mol. The van der Waals surface area contributed by atoms with Crippen LogP contribution in [0.15, 0.2) is 42.5 Å². The molecule has 3 unspecified atom stereocenters. The van der Waals surface area contributed by atoms with Gasteiger partial charge < -0.3 is 19.7 Å². The standard InChI is InChI=1S/C25H31FN2O3/c1-17(20-8-10-23(26)24(16-20)30-2)27-22-9-7-21(15-22)18-3-5-19(6-4-18)25(29)28-11-13-31-14-12-28/h3-6,8,10,16-17,21-22,27H,7,9,11-15H2,1-2H3. The maximum Gasteiger partial charge on any atom is 0.254 e. The van der Waals surface area contributed by atoms with Gasteiger partial charge in [-0.05, 0) is 67.5 Å². The lowest BCUT2D eigenvalue weighted by Gasteiger charge is -2.27. The Bertz CT molecular complexity index is 896. The monoisotopic (exact) mass is 426 g/mol. The van der Waals surface area contributed by atoms with Crippen LogP contribution in [0.2, 0.25) is 0 Å². The van der Waals surface area contributed by atoms with E-state index in [0.717, 1.165) is 30.4 Å². The molecule has 2 aromatic rings. The number of ether oxygens (including phenoxy) is 2. The van der Waals surface area contributed by atoms with E-state index in [-0.39, 0.29) is 23.5 Å². The van der Waals surface area contributed by atoms with Crippen LogP contribution < -0.4 is 10.1 Å². The molecule has 6 heteroatoms. The maximum atomic E-state index is 13.7. The fraction of sp³-hybridized carbons (Fsp3) is 0.480. The van der Waals surface area contributed by atoms with E-state index in [4.69, 9.17) is 9.47 Å². The normalized spacial score (nSPS) is 22.4. The molecule has 5 nitrogen and oxygen atoms in total. The van der Waals surface area contributed by atoms with Gasteiger partial charge in [-0.1, -0.05) is 18.2 Å². The van der Waals surface area contributed by atoms with Crippen LogP contribution in [0.4, 0.5) is 4.39 Å². The van der Waals surface area contributed by atoms with Gasteiger partial charge in [0, 0.05) is 30.7 Å². The van der Waals surface area contributed by atoms with Crippen LogP contribution in [-0.2, 0) is 4.74 Å². The van der Waals surface area contributed by atoms with Gasteiger partial charge in [-0.3, -0.25) is 4.79 Å². The van der Waals surface area contributed by atoms with E-state index in [1.54, 1.807) is 6.07 Å². The molecule has 0 aromatic heterocycles. The Labute approximate surface area is 183 Å². The molecule has 1 heterocycles. The first-order valence-corrected chi connectivity index (χ1v) is 11.1. The SMILES string of the molecule is COc1cc(C(C)NC2CCC(c3ccc(C(=O)N4CCOCC4)cc3)C2)ccc1F. The molecule has 166 valence electrons. The molecular formula is C25H31FN2O3. The second-order valence-corrected chi connectivity index (χ2v) is 8.52. The van der Waals surface area contributed by atoms with E-state index in [2.05, 4.69) is 24.4 Å². The van der Waals surface area contributed by atoms with Crippen LogP contribution in [0.1, 0.15) is 59.6 Å². The molecule has 0 radical (unpaired) electrons. The zero-order valence-corrected chi connectivity index (χ0v) is 18.3. The number of methoxy groups -OCH3 is 1. The number of halogens is 1. The van der Waals surface area contributed by atoms with E-state index in [1.807, 2.05) is 23.1 Å². The number of hydrogen-bond acceptors (Lipinski definition) is 4. The molecule has 1 N–H and O–H groups in total. The molecule has 0 bridgehead atoms. The van der Waals surface area contributed by atoms with Crippen molar-refractivity contribution in [2.45, 2.75) is 44.2 Å². The third-order valence-electron chi connectivity index (χ3n) is 6.52. The number of hydrogen-bond donors (Lipinski definition) is 1. The smallest absolute Gasteiger partial charge is 0.254 e. The zero-order valence-electron chi connectivity index (χ0n) is 18.3. The highest BCUT2D eigenvalue weighted by atomic mass is 19.1. The van der Waals surface area contributed by atoms with Crippen molar-refractivity contribution in [1.29, 1.82) is 0 Å². The van der Waals surface area contributed by atoms with Gasteiger partial charge in [0.15, 0.2) is 11.6 Å². The van der Waals surface area contributed by atoms with E-state index >= 15 is 0 Å². The average Bonchev–Trinajstić information content (AvgIpc) is 3.28. The third kappa shape index (κ3) is 5.08. The summed E-state index contributed by atoms with van der Waals surface area (Å²) in [4.78, 5) is 14.5. The largest absolute Gasteiger partial charge is 0.494 e. The minimum absolute atomic E-state index is 0.0874. The van der Waals surface area contributed by atoms with E-state index in [9.17, 15) is 9.18 Å². The van der Waals surface area contributed by atoms with Crippen LogP contribution in [0.25, 0.3) is 0 Å². The number of rotatable bonds is 6. The topological polar surface area (TPSA) is 50.8 Å². The molecule has 31 heavy (non-hydrogen) atoms. The van der Waals surface area contributed by atoms with Crippen molar-refractivity contribution in [2.24, 2.45) is 0 Å². The highest BCUT2D eigenvalue weighted by Gasteiger charge is 2.27. The number of benzene rings is 2. The summed E-state index contributed by atoms with van der Waals surface area (Å²) in [6, 6.07) is 13.7. The van der Waals surface area contributed by atoms with Crippen LogP contribution >= 0.6 is 0 Å². The molecule has 1 aliphatic heterocycles. The lowest BCUT2D eigenvalue weighted by Crippen LogP contribution is -2.40. The summed E-state index contributed by atoms with van der Waals surface area (Å²) in [5, 5.41) is 3.69. The average molecular weight is 427 g/mol. The lowest BCUT2D eigenvalue weighted by molar-refractivity contribution is 0.0303. The molecule has 2 aromatic carbocycles. The highest BCUT2D eigenvalue weighted by molar-refractivity contribution is 5.94. The van der Waals surface area contributed by atoms with Crippen molar-refractivity contribution >= 4 is 5.91 Å². The Hall–Kier alpha value is -2.44. The summed E-state index contributed by atoms with van der Waals surface area (Å²) in [6.07, 6.45) is 3.27. The fourth-order valence-corrected chi connectivity index (χ4v) is 4.68.